The zero-order valence-corrected chi connectivity index (χ0v) is 16.1. The Hall–Kier alpha value is -1.64. The van der Waals surface area contributed by atoms with Crippen molar-refractivity contribution in [2.45, 2.75) is 57.6 Å². The van der Waals surface area contributed by atoms with Crippen LogP contribution in [0.15, 0.2) is 60.7 Å². The first-order chi connectivity index (χ1) is 12.8. The highest BCUT2D eigenvalue weighted by atomic mass is 16.3. The van der Waals surface area contributed by atoms with Gasteiger partial charge in [-0.25, -0.2) is 0 Å². The van der Waals surface area contributed by atoms with Gasteiger partial charge in [0.15, 0.2) is 0 Å². The number of hydrogen-bond donors (Lipinski definition) is 1. The Bertz CT molecular complexity index is 582. The summed E-state index contributed by atoms with van der Waals surface area (Å²) in [5.74, 6) is 0.940. The highest BCUT2D eigenvalue weighted by molar-refractivity contribution is 5.33. The van der Waals surface area contributed by atoms with Crippen molar-refractivity contribution in [3.63, 3.8) is 0 Å². The molecule has 0 bridgehead atoms. The van der Waals surface area contributed by atoms with Crippen LogP contribution in [0, 0.1) is 5.92 Å². The first kappa shape index (κ1) is 19.1. The summed E-state index contributed by atoms with van der Waals surface area (Å²) in [6.07, 6.45) is 6.54. The molecule has 0 amide bonds. The van der Waals surface area contributed by atoms with Crippen molar-refractivity contribution < 1.29 is 5.11 Å². The molecule has 2 unspecified atom stereocenters. The van der Waals surface area contributed by atoms with Crippen molar-refractivity contribution in [2.24, 2.45) is 5.92 Å². The van der Waals surface area contributed by atoms with Crippen molar-refractivity contribution >= 4 is 0 Å². The number of likely N-dealkylation sites (tertiary alicyclic amines) is 1. The molecular weight excluding hydrogens is 318 g/mol. The van der Waals surface area contributed by atoms with E-state index in [9.17, 15) is 5.11 Å². The molecule has 1 aliphatic rings. The number of aliphatic hydroxyl groups excluding tert-OH is 1. The van der Waals surface area contributed by atoms with E-state index in [4.69, 9.17) is 0 Å². The first-order valence-electron chi connectivity index (χ1n) is 10.3. The number of hydrogen-bond acceptors (Lipinski definition) is 2. The second kappa shape index (κ2) is 9.89. The van der Waals surface area contributed by atoms with Gasteiger partial charge in [0, 0.05) is 19.0 Å². The van der Waals surface area contributed by atoms with Crippen molar-refractivity contribution in [1.82, 2.24) is 4.90 Å². The number of nitrogens with zero attached hydrogens (tertiary/aromatic N) is 1. The van der Waals surface area contributed by atoms with Crippen LogP contribution in [0.25, 0.3) is 0 Å². The van der Waals surface area contributed by atoms with Crippen LogP contribution in [0.3, 0.4) is 0 Å². The largest absolute Gasteiger partial charge is 0.378 e. The maximum absolute atomic E-state index is 10.7. The van der Waals surface area contributed by atoms with E-state index in [0.717, 1.165) is 32.4 Å². The summed E-state index contributed by atoms with van der Waals surface area (Å²) >= 11 is 0. The lowest BCUT2D eigenvalue weighted by Gasteiger charge is -2.33. The maximum Gasteiger partial charge on any atom is 0.107 e. The highest BCUT2D eigenvalue weighted by Crippen LogP contribution is 2.37. The number of benzene rings is 2. The Balaban J connectivity index is 1.73. The van der Waals surface area contributed by atoms with Gasteiger partial charge >= 0.3 is 0 Å². The predicted molar refractivity (Wildman–Crippen MR) is 109 cm³/mol. The lowest BCUT2D eigenvalue weighted by atomic mass is 9.77. The molecule has 0 saturated carbocycles. The van der Waals surface area contributed by atoms with Crippen LogP contribution in [0.4, 0.5) is 0 Å². The fourth-order valence-corrected chi connectivity index (χ4v) is 4.43. The molecule has 26 heavy (non-hydrogen) atoms. The van der Waals surface area contributed by atoms with Crippen LogP contribution in [-0.4, -0.2) is 29.3 Å². The summed E-state index contributed by atoms with van der Waals surface area (Å²) < 4.78 is 0. The topological polar surface area (TPSA) is 23.5 Å². The summed E-state index contributed by atoms with van der Waals surface area (Å²) in [6, 6.07) is 21.7. The molecule has 2 atom stereocenters. The van der Waals surface area contributed by atoms with Gasteiger partial charge in [-0.05, 0) is 42.7 Å². The Morgan fingerprint density at radius 2 is 1.35 bits per heavy atom. The molecule has 1 heterocycles. The summed E-state index contributed by atoms with van der Waals surface area (Å²) in [4.78, 5) is 2.27. The molecule has 0 aromatic heterocycles. The molecule has 1 fully saturated rings. The Morgan fingerprint density at radius 1 is 0.808 bits per heavy atom. The lowest BCUT2D eigenvalue weighted by Crippen LogP contribution is -2.39. The quantitative estimate of drug-likeness (QED) is 0.685. The second-order valence-electron chi connectivity index (χ2n) is 7.62. The first-order valence-corrected chi connectivity index (χ1v) is 10.3. The third-order valence-electron chi connectivity index (χ3n) is 5.92. The minimum absolute atomic E-state index is 0.281. The van der Waals surface area contributed by atoms with Gasteiger partial charge < -0.3 is 5.11 Å². The van der Waals surface area contributed by atoms with Crippen LogP contribution in [0.2, 0.25) is 0 Å². The standard InChI is InChI=1S/C24H33NO/c1-2-20(16-17-23(26)25-18-10-5-11-19-25)24(21-12-6-3-7-13-21)22-14-8-4-9-15-22/h3-4,6-9,12-15,20,23-24,26H,2,5,10-11,16-19H2,1H3. The van der Waals surface area contributed by atoms with Crippen molar-refractivity contribution in [1.29, 1.82) is 0 Å². The summed E-state index contributed by atoms with van der Waals surface area (Å²) in [6.45, 7) is 4.40. The van der Waals surface area contributed by atoms with Crippen molar-refractivity contribution in [3.05, 3.63) is 71.8 Å². The fraction of sp³-hybridized carbons (Fsp3) is 0.500. The van der Waals surface area contributed by atoms with E-state index in [1.54, 1.807) is 0 Å². The monoisotopic (exact) mass is 351 g/mol. The Kier molecular flexibility index (Phi) is 7.28. The third-order valence-corrected chi connectivity index (χ3v) is 5.92. The maximum atomic E-state index is 10.7. The predicted octanol–water partition coefficient (Wildman–Crippen LogP) is 5.43. The molecule has 3 rings (SSSR count). The molecule has 0 radical (unpaired) electrons. The van der Waals surface area contributed by atoms with Crippen LogP contribution in [-0.2, 0) is 0 Å². The number of rotatable bonds is 8. The summed E-state index contributed by atoms with van der Waals surface area (Å²) in [5, 5.41) is 10.7. The van der Waals surface area contributed by atoms with Gasteiger partial charge in [0.25, 0.3) is 0 Å². The minimum atomic E-state index is -0.281. The van der Waals surface area contributed by atoms with Crippen molar-refractivity contribution in [3.8, 4) is 0 Å². The Morgan fingerprint density at radius 3 is 1.85 bits per heavy atom. The minimum Gasteiger partial charge on any atom is -0.378 e. The van der Waals surface area contributed by atoms with E-state index in [-0.39, 0.29) is 6.23 Å². The van der Waals surface area contributed by atoms with E-state index < -0.39 is 0 Å². The molecule has 2 nitrogen and oxygen atoms in total. The molecular formula is C24H33NO. The van der Waals surface area contributed by atoms with E-state index in [1.165, 1.54) is 30.4 Å². The van der Waals surface area contributed by atoms with Gasteiger partial charge in [0.2, 0.25) is 0 Å². The summed E-state index contributed by atoms with van der Waals surface area (Å²) in [5.41, 5.74) is 2.77. The van der Waals surface area contributed by atoms with Gasteiger partial charge in [-0.1, -0.05) is 80.4 Å². The molecule has 1 aliphatic heterocycles. The van der Waals surface area contributed by atoms with Gasteiger partial charge in [-0.3, -0.25) is 4.90 Å². The molecule has 1 saturated heterocycles. The second-order valence-corrected chi connectivity index (χ2v) is 7.62. The van der Waals surface area contributed by atoms with Gasteiger partial charge in [-0.15, -0.1) is 0 Å². The van der Waals surface area contributed by atoms with Crippen LogP contribution < -0.4 is 0 Å². The van der Waals surface area contributed by atoms with E-state index >= 15 is 0 Å². The molecule has 1 N–H and O–H groups in total. The molecule has 140 valence electrons. The highest BCUT2D eigenvalue weighted by Gasteiger charge is 2.26. The van der Waals surface area contributed by atoms with Crippen LogP contribution in [0.5, 0.6) is 0 Å². The molecule has 0 spiro atoms. The number of aliphatic hydroxyl groups is 1. The molecule has 2 heteroatoms. The average Bonchev–Trinajstić information content (AvgIpc) is 2.72. The lowest BCUT2D eigenvalue weighted by molar-refractivity contribution is -0.0176. The van der Waals surface area contributed by atoms with Gasteiger partial charge in [-0.2, -0.15) is 0 Å². The number of piperidine rings is 1. The third kappa shape index (κ3) is 4.96. The van der Waals surface area contributed by atoms with E-state index in [0.29, 0.717) is 11.8 Å². The fourth-order valence-electron chi connectivity index (χ4n) is 4.43. The Labute approximate surface area is 158 Å². The zero-order chi connectivity index (χ0) is 18.2. The van der Waals surface area contributed by atoms with E-state index in [1.807, 2.05) is 0 Å². The van der Waals surface area contributed by atoms with Gasteiger partial charge in [0.05, 0.1) is 0 Å². The molecule has 0 aliphatic carbocycles. The normalized spacial score (nSPS) is 18.0. The van der Waals surface area contributed by atoms with E-state index in [2.05, 4.69) is 72.5 Å². The van der Waals surface area contributed by atoms with Crippen LogP contribution in [0.1, 0.15) is 62.5 Å². The SMILES string of the molecule is CCC(CCC(O)N1CCCCC1)C(c1ccccc1)c1ccccc1. The molecule has 2 aromatic rings. The van der Waals surface area contributed by atoms with Crippen LogP contribution >= 0.6 is 0 Å². The average molecular weight is 352 g/mol. The van der Waals surface area contributed by atoms with Crippen molar-refractivity contribution in [2.75, 3.05) is 13.1 Å². The molecule has 2 aromatic carbocycles. The zero-order valence-electron chi connectivity index (χ0n) is 16.1. The van der Waals surface area contributed by atoms with Gasteiger partial charge in [0.1, 0.15) is 6.23 Å². The summed E-state index contributed by atoms with van der Waals surface area (Å²) in [7, 11) is 0. The smallest absolute Gasteiger partial charge is 0.107 e.